The molecule has 0 bridgehead atoms. The zero-order valence-electron chi connectivity index (χ0n) is 10.5. The van der Waals surface area contributed by atoms with Crippen molar-refractivity contribution in [1.82, 2.24) is 9.78 Å². The van der Waals surface area contributed by atoms with Crippen molar-refractivity contribution < 1.29 is 0 Å². The van der Waals surface area contributed by atoms with Crippen molar-refractivity contribution in [2.45, 2.75) is 33.2 Å². The summed E-state index contributed by atoms with van der Waals surface area (Å²) in [6.07, 6.45) is 2.26. The van der Waals surface area contributed by atoms with Crippen molar-refractivity contribution >= 4 is 26.8 Å². The number of nitrogens with zero attached hydrogens (tertiary/aromatic N) is 2. The Morgan fingerprint density at radius 1 is 1.29 bits per heavy atom. The van der Waals surface area contributed by atoms with E-state index in [1.165, 1.54) is 23.0 Å². The Morgan fingerprint density at radius 2 is 2.06 bits per heavy atom. The maximum Gasteiger partial charge on any atom is 0.0706 e. The Bertz CT molecular complexity index is 486. The van der Waals surface area contributed by atoms with E-state index < -0.39 is 0 Å². The summed E-state index contributed by atoms with van der Waals surface area (Å²) in [6, 6.07) is 8.53. The van der Waals surface area contributed by atoms with E-state index in [0.29, 0.717) is 5.92 Å². The van der Waals surface area contributed by atoms with E-state index in [4.69, 9.17) is 5.10 Å². The molecule has 3 heteroatoms. The minimum Gasteiger partial charge on any atom is -0.265 e. The molecule has 1 heterocycles. The zero-order chi connectivity index (χ0) is 12.3. The molecule has 2 nitrogen and oxygen atoms in total. The van der Waals surface area contributed by atoms with E-state index in [9.17, 15) is 0 Å². The van der Waals surface area contributed by atoms with Crippen LogP contribution in [0.4, 0.5) is 0 Å². The molecule has 0 aliphatic rings. The lowest BCUT2D eigenvalue weighted by Gasteiger charge is -2.08. The largest absolute Gasteiger partial charge is 0.265 e. The molecule has 0 saturated carbocycles. The van der Waals surface area contributed by atoms with E-state index in [1.807, 2.05) is 0 Å². The predicted octanol–water partition coefficient (Wildman–Crippen LogP) is 4.02. The highest BCUT2D eigenvalue weighted by molar-refractivity contribution is 9.09. The summed E-state index contributed by atoms with van der Waals surface area (Å²) in [5, 5.41) is 7.11. The third kappa shape index (κ3) is 2.54. The number of rotatable bonds is 5. The van der Waals surface area contributed by atoms with Gasteiger partial charge in [-0.2, -0.15) is 5.10 Å². The van der Waals surface area contributed by atoms with Crippen LogP contribution in [0.3, 0.4) is 0 Å². The van der Waals surface area contributed by atoms with E-state index in [0.717, 1.165) is 18.3 Å². The smallest absolute Gasteiger partial charge is 0.0706 e. The van der Waals surface area contributed by atoms with Gasteiger partial charge < -0.3 is 0 Å². The van der Waals surface area contributed by atoms with Gasteiger partial charge in [0.25, 0.3) is 0 Å². The molecule has 1 unspecified atom stereocenters. The number of alkyl halides is 1. The highest BCUT2D eigenvalue weighted by Crippen LogP contribution is 2.22. The highest BCUT2D eigenvalue weighted by atomic mass is 79.9. The van der Waals surface area contributed by atoms with Crippen LogP contribution in [0.2, 0.25) is 0 Å². The first-order valence-electron chi connectivity index (χ1n) is 6.30. The van der Waals surface area contributed by atoms with Gasteiger partial charge in [-0.15, -0.1) is 0 Å². The Morgan fingerprint density at radius 3 is 2.71 bits per heavy atom. The minimum absolute atomic E-state index is 0.679. The molecule has 0 saturated heterocycles. The lowest BCUT2D eigenvalue weighted by molar-refractivity contribution is 0.555. The lowest BCUT2D eigenvalue weighted by atomic mass is 10.0. The number of aromatic nitrogens is 2. The van der Waals surface area contributed by atoms with Gasteiger partial charge in [-0.25, -0.2) is 0 Å². The molecule has 92 valence electrons. The number of fused-ring (bicyclic) bond motifs is 1. The first kappa shape index (κ1) is 12.6. The first-order chi connectivity index (χ1) is 8.30. The number of para-hydroxylation sites is 1. The Hall–Kier alpha value is -0.830. The van der Waals surface area contributed by atoms with Gasteiger partial charge in [-0.05, 0) is 25.3 Å². The molecule has 1 atom stereocenters. The normalized spacial score (nSPS) is 13.1. The van der Waals surface area contributed by atoms with Gasteiger partial charge >= 0.3 is 0 Å². The Kier molecular flexibility index (Phi) is 4.21. The molecular formula is C14H19BrN2. The molecule has 17 heavy (non-hydrogen) atoms. The van der Waals surface area contributed by atoms with Crippen molar-refractivity contribution in [2.24, 2.45) is 5.92 Å². The summed E-state index contributed by atoms with van der Waals surface area (Å²) < 4.78 is 2.10. The van der Waals surface area contributed by atoms with E-state index in [1.54, 1.807) is 0 Å². The maximum atomic E-state index is 4.74. The summed E-state index contributed by atoms with van der Waals surface area (Å²) in [7, 11) is 0. The molecule has 0 aliphatic heterocycles. The van der Waals surface area contributed by atoms with E-state index in [-0.39, 0.29) is 0 Å². The molecule has 2 rings (SSSR count). The van der Waals surface area contributed by atoms with Crippen LogP contribution in [0.5, 0.6) is 0 Å². The molecular weight excluding hydrogens is 276 g/mol. The third-order valence-electron chi connectivity index (χ3n) is 3.31. The van der Waals surface area contributed by atoms with Crippen molar-refractivity contribution in [3.63, 3.8) is 0 Å². The van der Waals surface area contributed by atoms with E-state index in [2.05, 4.69) is 58.7 Å². The minimum atomic E-state index is 0.679. The molecule has 0 N–H and O–H groups in total. The first-order valence-corrected chi connectivity index (χ1v) is 7.42. The van der Waals surface area contributed by atoms with Gasteiger partial charge in [0, 0.05) is 17.3 Å². The second kappa shape index (κ2) is 5.67. The summed E-state index contributed by atoms with van der Waals surface area (Å²) in [6.45, 7) is 5.32. The zero-order valence-corrected chi connectivity index (χ0v) is 12.1. The summed E-state index contributed by atoms with van der Waals surface area (Å²) >= 11 is 3.59. The highest BCUT2D eigenvalue weighted by Gasteiger charge is 2.13. The van der Waals surface area contributed by atoms with Gasteiger partial charge in [-0.1, -0.05) is 47.5 Å². The van der Waals surface area contributed by atoms with Crippen LogP contribution in [0, 0.1) is 5.92 Å². The fourth-order valence-corrected chi connectivity index (χ4v) is 2.86. The molecule has 0 radical (unpaired) electrons. The maximum absolute atomic E-state index is 4.74. The van der Waals surface area contributed by atoms with Crippen LogP contribution in [0.1, 0.15) is 26.0 Å². The molecule has 0 spiro atoms. The van der Waals surface area contributed by atoms with E-state index >= 15 is 0 Å². The Balaban J connectivity index is 2.40. The molecule has 0 amide bonds. The van der Waals surface area contributed by atoms with Gasteiger partial charge in [0.1, 0.15) is 0 Å². The quantitative estimate of drug-likeness (QED) is 0.762. The number of halogens is 1. The van der Waals surface area contributed by atoms with Crippen LogP contribution >= 0.6 is 15.9 Å². The Labute approximate surface area is 111 Å². The van der Waals surface area contributed by atoms with Crippen LogP contribution in [0.25, 0.3) is 10.9 Å². The van der Waals surface area contributed by atoms with Crippen LogP contribution < -0.4 is 0 Å². The number of benzene rings is 1. The molecule has 1 aromatic carbocycles. The van der Waals surface area contributed by atoms with Crippen molar-refractivity contribution in [1.29, 1.82) is 0 Å². The molecule has 0 fully saturated rings. The molecule has 2 aromatic rings. The monoisotopic (exact) mass is 294 g/mol. The summed E-state index contributed by atoms with van der Waals surface area (Å²) in [5.74, 6) is 0.679. The topological polar surface area (TPSA) is 17.8 Å². The van der Waals surface area contributed by atoms with Crippen molar-refractivity contribution in [3.05, 3.63) is 30.0 Å². The summed E-state index contributed by atoms with van der Waals surface area (Å²) in [4.78, 5) is 0. The van der Waals surface area contributed by atoms with Crippen molar-refractivity contribution in [2.75, 3.05) is 5.33 Å². The van der Waals surface area contributed by atoms with Crippen molar-refractivity contribution in [3.8, 4) is 0 Å². The second-order valence-electron chi connectivity index (χ2n) is 4.41. The second-order valence-corrected chi connectivity index (χ2v) is 5.06. The van der Waals surface area contributed by atoms with Crippen LogP contribution in [-0.4, -0.2) is 15.1 Å². The number of aryl methyl sites for hydroxylation is 1. The fourth-order valence-electron chi connectivity index (χ4n) is 2.17. The average Bonchev–Trinajstić information content (AvgIpc) is 2.74. The molecule has 0 aliphatic carbocycles. The van der Waals surface area contributed by atoms with Crippen LogP contribution in [0.15, 0.2) is 24.3 Å². The SMILES string of the molecule is CCC(CBr)Cc1nn(CC)c2ccccc12. The third-order valence-corrected chi connectivity index (χ3v) is 4.23. The lowest BCUT2D eigenvalue weighted by Crippen LogP contribution is -2.06. The van der Waals surface area contributed by atoms with Gasteiger partial charge in [-0.3, -0.25) is 4.68 Å². The van der Waals surface area contributed by atoms with Gasteiger partial charge in [0.05, 0.1) is 11.2 Å². The average molecular weight is 295 g/mol. The van der Waals surface area contributed by atoms with Gasteiger partial charge in [0.15, 0.2) is 0 Å². The molecule has 1 aromatic heterocycles. The standard InChI is InChI=1S/C14H19BrN2/c1-3-11(10-15)9-13-12-7-5-6-8-14(12)17(4-2)16-13/h5-8,11H,3-4,9-10H2,1-2H3. The van der Waals surface area contributed by atoms with Gasteiger partial charge in [0.2, 0.25) is 0 Å². The predicted molar refractivity (Wildman–Crippen MR) is 76.7 cm³/mol. The number of hydrogen-bond acceptors (Lipinski definition) is 1. The number of hydrogen-bond donors (Lipinski definition) is 0. The van der Waals surface area contributed by atoms with Crippen LogP contribution in [-0.2, 0) is 13.0 Å². The fraction of sp³-hybridized carbons (Fsp3) is 0.500. The summed E-state index contributed by atoms with van der Waals surface area (Å²) in [5.41, 5.74) is 2.50.